The summed E-state index contributed by atoms with van der Waals surface area (Å²) in [6, 6.07) is 5.31. The third-order valence-corrected chi connectivity index (χ3v) is 4.26. The molecule has 2 rings (SSSR count). The average molecular weight is 325 g/mol. The van der Waals surface area contributed by atoms with E-state index in [4.69, 9.17) is 5.73 Å². The van der Waals surface area contributed by atoms with Gasteiger partial charge in [0.15, 0.2) is 5.78 Å². The summed E-state index contributed by atoms with van der Waals surface area (Å²) in [7, 11) is 0. The van der Waals surface area contributed by atoms with Gasteiger partial charge in [-0.15, -0.1) is 11.3 Å². The van der Waals surface area contributed by atoms with E-state index in [0.29, 0.717) is 17.7 Å². The first-order chi connectivity index (χ1) is 8.47. The summed E-state index contributed by atoms with van der Waals surface area (Å²) in [6.07, 6.45) is 0.311. The summed E-state index contributed by atoms with van der Waals surface area (Å²) in [5.74, 6) is 0.00810. The first kappa shape index (κ1) is 13.2. The highest BCUT2D eigenvalue weighted by Gasteiger charge is 2.13. The Morgan fingerprint density at radius 3 is 2.72 bits per heavy atom. The van der Waals surface area contributed by atoms with Crippen LogP contribution in [0.4, 0.5) is 5.69 Å². The fraction of sp³-hybridized carbons (Fsp3) is 0.231. The SMILES string of the molecule is Cc1nc(CC(=O)c2ccc(Br)cc2N)sc1C. The van der Waals surface area contributed by atoms with Gasteiger partial charge in [0.2, 0.25) is 0 Å². The number of hydrogen-bond donors (Lipinski definition) is 1. The number of halogens is 1. The molecule has 3 nitrogen and oxygen atoms in total. The van der Waals surface area contributed by atoms with Crippen LogP contribution in [-0.4, -0.2) is 10.8 Å². The van der Waals surface area contributed by atoms with Crippen molar-refractivity contribution in [3.05, 3.63) is 43.8 Å². The number of carbonyl (C=O) groups is 1. The average Bonchev–Trinajstić information content (AvgIpc) is 2.57. The van der Waals surface area contributed by atoms with Crippen molar-refractivity contribution in [2.75, 3.05) is 5.73 Å². The van der Waals surface area contributed by atoms with Crippen molar-refractivity contribution in [1.82, 2.24) is 4.98 Å². The van der Waals surface area contributed by atoms with Crippen molar-refractivity contribution in [3.63, 3.8) is 0 Å². The molecule has 0 amide bonds. The Balaban J connectivity index is 2.22. The van der Waals surface area contributed by atoms with Gasteiger partial charge in [0.25, 0.3) is 0 Å². The second kappa shape index (κ2) is 5.20. The number of carbonyl (C=O) groups excluding carboxylic acids is 1. The van der Waals surface area contributed by atoms with Gasteiger partial charge in [-0.25, -0.2) is 4.98 Å². The molecule has 0 aliphatic rings. The molecule has 1 aromatic heterocycles. The summed E-state index contributed by atoms with van der Waals surface area (Å²) in [5.41, 5.74) is 7.89. The van der Waals surface area contributed by atoms with Crippen LogP contribution < -0.4 is 5.73 Å². The molecule has 0 saturated carbocycles. The molecule has 5 heteroatoms. The van der Waals surface area contributed by atoms with Crippen LogP contribution in [0.25, 0.3) is 0 Å². The van der Waals surface area contributed by atoms with Crippen LogP contribution in [0.1, 0.15) is 25.9 Å². The third-order valence-electron chi connectivity index (χ3n) is 2.70. The fourth-order valence-corrected chi connectivity index (χ4v) is 2.95. The molecule has 0 atom stereocenters. The van der Waals surface area contributed by atoms with E-state index in [1.54, 1.807) is 23.5 Å². The van der Waals surface area contributed by atoms with Gasteiger partial charge >= 0.3 is 0 Å². The Morgan fingerprint density at radius 1 is 1.44 bits per heavy atom. The van der Waals surface area contributed by atoms with Gasteiger partial charge in [-0.1, -0.05) is 15.9 Å². The van der Waals surface area contributed by atoms with Gasteiger partial charge < -0.3 is 5.73 Å². The Hall–Kier alpha value is -1.20. The second-order valence-electron chi connectivity index (χ2n) is 4.08. The fourth-order valence-electron chi connectivity index (χ4n) is 1.63. The second-order valence-corrected chi connectivity index (χ2v) is 6.28. The van der Waals surface area contributed by atoms with E-state index in [9.17, 15) is 4.79 Å². The van der Waals surface area contributed by atoms with Crippen LogP contribution in [0.2, 0.25) is 0 Å². The van der Waals surface area contributed by atoms with Crippen LogP contribution in [0.3, 0.4) is 0 Å². The number of nitrogens with two attached hydrogens (primary N) is 1. The van der Waals surface area contributed by atoms with Crippen molar-refractivity contribution in [2.45, 2.75) is 20.3 Å². The lowest BCUT2D eigenvalue weighted by molar-refractivity contribution is 0.0994. The van der Waals surface area contributed by atoms with E-state index >= 15 is 0 Å². The van der Waals surface area contributed by atoms with Crippen molar-refractivity contribution < 1.29 is 4.79 Å². The summed E-state index contributed by atoms with van der Waals surface area (Å²) in [5, 5.41) is 0.845. The minimum Gasteiger partial charge on any atom is -0.398 e. The summed E-state index contributed by atoms with van der Waals surface area (Å²) >= 11 is 4.89. The maximum atomic E-state index is 12.1. The number of Topliss-reactive ketones (excluding diaryl/α,β-unsaturated/α-hetero) is 1. The first-order valence-corrected chi connectivity index (χ1v) is 7.09. The van der Waals surface area contributed by atoms with Gasteiger partial charge in [-0.2, -0.15) is 0 Å². The Labute approximate surface area is 118 Å². The number of nitrogens with zero attached hydrogens (tertiary/aromatic N) is 1. The topological polar surface area (TPSA) is 56.0 Å². The Morgan fingerprint density at radius 2 is 2.17 bits per heavy atom. The number of anilines is 1. The molecule has 0 aliphatic carbocycles. The van der Waals surface area contributed by atoms with E-state index in [-0.39, 0.29) is 5.78 Å². The van der Waals surface area contributed by atoms with Gasteiger partial charge in [0, 0.05) is 20.6 Å². The number of nitrogen functional groups attached to an aromatic ring is 1. The number of aryl methyl sites for hydroxylation is 2. The van der Waals surface area contributed by atoms with Crippen molar-refractivity contribution >= 4 is 38.7 Å². The molecule has 18 heavy (non-hydrogen) atoms. The molecular formula is C13H13BrN2OS. The van der Waals surface area contributed by atoms with Crippen molar-refractivity contribution in [2.24, 2.45) is 0 Å². The molecule has 2 N–H and O–H groups in total. The van der Waals surface area contributed by atoms with Gasteiger partial charge in [0.05, 0.1) is 12.1 Å². The van der Waals surface area contributed by atoms with Crippen molar-refractivity contribution in [1.29, 1.82) is 0 Å². The summed E-state index contributed by atoms with van der Waals surface area (Å²) in [4.78, 5) is 17.7. The molecule has 0 aliphatic heterocycles. The molecule has 1 heterocycles. The van der Waals surface area contributed by atoms with E-state index in [0.717, 1.165) is 20.1 Å². The van der Waals surface area contributed by atoms with Gasteiger partial charge in [0.1, 0.15) is 5.01 Å². The van der Waals surface area contributed by atoms with Gasteiger partial charge in [-0.05, 0) is 32.0 Å². The smallest absolute Gasteiger partial charge is 0.171 e. The molecule has 94 valence electrons. The zero-order valence-corrected chi connectivity index (χ0v) is 12.6. The van der Waals surface area contributed by atoms with Gasteiger partial charge in [-0.3, -0.25) is 4.79 Å². The predicted molar refractivity (Wildman–Crippen MR) is 78.2 cm³/mol. The lowest BCUT2D eigenvalue weighted by Crippen LogP contribution is -2.06. The van der Waals surface area contributed by atoms with Crippen LogP contribution in [0.15, 0.2) is 22.7 Å². The summed E-state index contributed by atoms with van der Waals surface area (Å²) < 4.78 is 0.873. The normalized spacial score (nSPS) is 10.6. The molecule has 0 saturated heterocycles. The molecule has 0 spiro atoms. The molecule has 0 fully saturated rings. The molecule has 0 unspecified atom stereocenters. The number of ketones is 1. The maximum Gasteiger partial charge on any atom is 0.171 e. The highest BCUT2D eigenvalue weighted by atomic mass is 79.9. The largest absolute Gasteiger partial charge is 0.398 e. The monoisotopic (exact) mass is 324 g/mol. The van der Waals surface area contributed by atoms with Crippen molar-refractivity contribution in [3.8, 4) is 0 Å². The maximum absolute atomic E-state index is 12.1. The number of thiazole rings is 1. The van der Waals surface area contributed by atoms with E-state index < -0.39 is 0 Å². The zero-order chi connectivity index (χ0) is 13.3. The minimum atomic E-state index is 0.00810. The molecule has 2 aromatic rings. The van der Waals surface area contributed by atoms with Crippen LogP contribution in [0.5, 0.6) is 0 Å². The lowest BCUT2D eigenvalue weighted by atomic mass is 10.1. The molecular weight excluding hydrogens is 312 g/mol. The van der Waals surface area contributed by atoms with E-state index in [1.807, 2.05) is 19.9 Å². The van der Waals surface area contributed by atoms with Crippen LogP contribution >= 0.6 is 27.3 Å². The number of hydrogen-bond acceptors (Lipinski definition) is 4. The standard InChI is InChI=1S/C13H13BrN2OS/c1-7-8(2)18-13(16-7)6-12(17)10-4-3-9(14)5-11(10)15/h3-5H,6,15H2,1-2H3. The quantitative estimate of drug-likeness (QED) is 0.694. The highest BCUT2D eigenvalue weighted by molar-refractivity contribution is 9.10. The predicted octanol–water partition coefficient (Wildman–Crippen LogP) is 3.53. The molecule has 0 bridgehead atoms. The van der Waals surface area contributed by atoms with Crippen LogP contribution in [0, 0.1) is 13.8 Å². The zero-order valence-electron chi connectivity index (χ0n) is 10.2. The lowest BCUT2D eigenvalue weighted by Gasteiger charge is -2.03. The minimum absolute atomic E-state index is 0.00810. The first-order valence-electron chi connectivity index (χ1n) is 5.48. The Bertz CT molecular complexity index is 588. The molecule has 1 aromatic carbocycles. The van der Waals surface area contributed by atoms with E-state index in [2.05, 4.69) is 20.9 Å². The van der Waals surface area contributed by atoms with Crippen LogP contribution in [-0.2, 0) is 6.42 Å². The third kappa shape index (κ3) is 2.79. The molecule has 0 radical (unpaired) electrons. The number of aromatic nitrogens is 1. The Kier molecular flexibility index (Phi) is 3.82. The number of rotatable bonds is 3. The number of benzene rings is 1. The highest BCUT2D eigenvalue weighted by Crippen LogP contribution is 2.22. The van der Waals surface area contributed by atoms with E-state index in [1.165, 1.54) is 0 Å². The summed E-state index contributed by atoms with van der Waals surface area (Å²) in [6.45, 7) is 3.96.